The lowest BCUT2D eigenvalue weighted by Gasteiger charge is -2.54. The van der Waals surface area contributed by atoms with Crippen molar-refractivity contribution < 1.29 is 14.6 Å². The topological polar surface area (TPSA) is 62.1 Å². The van der Waals surface area contributed by atoms with Crippen LogP contribution in [0.4, 0.5) is 5.69 Å². The van der Waals surface area contributed by atoms with Gasteiger partial charge in [-0.3, -0.25) is 14.7 Å². The first-order chi connectivity index (χ1) is 12.5. The normalized spacial score (nSPS) is 39.4. The number of aliphatic hydroxyl groups is 1. The molecule has 2 fully saturated rings. The smallest absolute Gasteiger partial charge is 0.319 e. The Morgan fingerprint density at radius 2 is 2.23 bits per heavy atom. The van der Waals surface area contributed by atoms with Crippen LogP contribution in [0.1, 0.15) is 31.7 Å². The van der Waals surface area contributed by atoms with Crippen LogP contribution >= 0.6 is 0 Å². The summed E-state index contributed by atoms with van der Waals surface area (Å²) in [5.41, 5.74) is 1.40. The average molecular weight is 352 g/mol. The van der Waals surface area contributed by atoms with Crippen molar-refractivity contribution in [2.45, 2.75) is 37.8 Å². The number of hydrogen-bond donors (Lipinski definition) is 1. The molecule has 1 aromatic carbocycles. The molecule has 4 aliphatic heterocycles. The van der Waals surface area contributed by atoms with Crippen LogP contribution in [0.25, 0.3) is 0 Å². The fourth-order valence-corrected chi connectivity index (χ4v) is 5.88. The molecule has 0 radical (unpaired) electrons. The number of ether oxygens (including phenoxy) is 1. The summed E-state index contributed by atoms with van der Waals surface area (Å²) >= 11 is 0. The number of piperidine rings is 1. The van der Waals surface area contributed by atoms with Gasteiger partial charge in [0.1, 0.15) is 11.0 Å². The van der Waals surface area contributed by atoms with Crippen LogP contribution in [0, 0.1) is 11.3 Å². The molecule has 5 nitrogen and oxygen atoms in total. The van der Waals surface area contributed by atoms with Gasteiger partial charge >= 0.3 is 5.97 Å². The van der Waals surface area contributed by atoms with Crippen LogP contribution in [-0.2, 0) is 15.1 Å². The summed E-state index contributed by atoms with van der Waals surface area (Å²) in [6, 6.07) is 7.66. The van der Waals surface area contributed by atoms with Crippen molar-refractivity contribution in [3.8, 4) is 0 Å². The first kappa shape index (κ1) is 16.2. The second kappa shape index (κ2) is 5.27. The van der Waals surface area contributed by atoms with E-state index in [0.29, 0.717) is 24.5 Å². The molecular formula is C21H24N2O3. The van der Waals surface area contributed by atoms with Crippen molar-refractivity contribution in [1.82, 2.24) is 4.90 Å². The lowest BCUT2D eigenvalue weighted by molar-refractivity contribution is -0.155. The number of fused-ring (bicyclic) bond motifs is 3. The second-order valence-electron chi connectivity index (χ2n) is 8.01. The van der Waals surface area contributed by atoms with Crippen molar-refractivity contribution in [1.29, 1.82) is 0 Å². The molecule has 1 aliphatic carbocycles. The number of hydrogen-bond acceptors (Lipinski definition) is 5. The Bertz CT molecular complexity index is 861. The number of carbonyl (C=O) groups is 1. The quantitative estimate of drug-likeness (QED) is 0.656. The van der Waals surface area contributed by atoms with Gasteiger partial charge in [-0.15, -0.1) is 0 Å². The first-order valence-electron chi connectivity index (χ1n) is 9.49. The summed E-state index contributed by atoms with van der Waals surface area (Å²) < 4.78 is 5.33. The Labute approximate surface area is 153 Å². The summed E-state index contributed by atoms with van der Waals surface area (Å²) in [4.78, 5) is 20.5. The molecule has 26 heavy (non-hydrogen) atoms. The van der Waals surface area contributed by atoms with Crippen molar-refractivity contribution in [2.75, 3.05) is 20.2 Å². The van der Waals surface area contributed by atoms with E-state index < -0.39 is 11.0 Å². The molecule has 1 unspecified atom stereocenters. The number of nitrogens with zero attached hydrogens (tertiary/aromatic N) is 2. The maximum atomic E-state index is 13.3. The minimum atomic E-state index is -1.19. The zero-order valence-electron chi connectivity index (χ0n) is 15.2. The van der Waals surface area contributed by atoms with Gasteiger partial charge in [0, 0.05) is 18.7 Å². The van der Waals surface area contributed by atoms with Crippen molar-refractivity contribution in [3.63, 3.8) is 0 Å². The Kier molecular flexibility index (Phi) is 3.29. The van der Waals surface area contributed by atoms with E-state index in [-0.39, 0.29) is 12.0 Å². The van der Waals surface area contributed by atoms with E-state index in [1.54, 1.807) is 0 Å². The Balaban J connectivity index is 1.79. The van der Waals surface area contributed by atoms with E-state index in [1.807, 2.05) is 24.3 Å². The molecule has 5 atom stereocenters. The number of benzene rings is 1. The van der Waals surface area contributed by atoms with Gasteiger partial charge in [0.05, 0.1) is 24.6 Å². The number of esters is 1. The van der Waals surface area contributed by atoms with E-state index in [4.69, 9.17) is 9.73 Å². The van der Waals surface area contributed by atoms with Crippen LogP contribution in [0.5, 0.6) is 0 Å². The molecule has 1 aromatic rings. The predicted octanol–water partition coefficient (Wildman–Crippen LogP) is 2.56. The largest absolute Gasteiger partial charge is 0.468 e. The Morgan fingerprint density at radius 3 is 3.00 bits per heavy atom. The zero-order valence-corrected chi connectivity index (χ0v) is 15.2. The molecular weight excluding hydrogens is 328 g/mol. The second-order valence-corrected chi connectivity index (χ2v) is 8.01. The summed E-state index contributed by atoms with van der Waals surface area (Å²) in [5, 5.41) is 11.8. The molecule has 6 rings (SSSR count). The molecule has 5 aliphatic rings. The SMILES string of the molecule is CCC1=C[C@@H]2CN3CC[C@]4(O)C(=Nc5ccccc54)[C@](C(=O)OC)(C2)[C@@H]13. The van der Waals surface area contributed by atoms with Crippen LogP contribution in [0.2, 0.25) is 0 Å². The standard InChI is InChI=1S/C21H24N2O3/c1-3-14-10-13-11-20(19(24)26-2)17(14)23(12-13)9-8-21(25)15-6-4-5-7-16(15)22-18(20)21/h4-7,10,13,17,25H,3,8-9,11-12H2,1-2H3/t13-,17+,20-,21+/m0/s1. The minimum Gasteiger partial charge on any atom is -0.468 e. The third kappa shape index (κ3) is 1.78. The third-order valence-corrected chi connectivity index (χ3v) is 6.80. The van der Waals surface area contributed by atoms with Crippen LogP contribution < -0.4 is 0 Å². The highest BCUT2D eigenvalue weighted by Gasteiger charge is 2.66. The molecule has 4 bridgehead atoms. The zero-order chi connectivity index (χ0) is 18.1. The van der Waals surface area contributed by atoms with Gasteiger partial charge in [-0.2, -0.15) is 0 Å². The Morgan fingerprint density at radius 1 is 1.42 bits per heavy atom. The average Bonchev–Trinajstić information content (AvgIpc) is 2.95. The molecule has 1 N–H and O–H groups in total. The van der Waals surface area contributed by atoms with Crippen LogP contribution in [-0.4, -0.2) is 47.9 Å². The van der Waals surface area contributed by atoms with Gasteiger partial charge in [0.25, 0.3) is 0 Å². The highest BCUT2D eigenvalue weighted by atomic mass is 16.5. The predicted molar refractivity (Wildman–Crippen MR) is 98.3 cm³/mol. The van der Waals surface area contributed by atoms with Gasteiger partial charge in [-0.1, -0.05) is 36.8 Å². The fourth-order valence-electron chi connectivity index (χ4n) is 5.88. The van der Waals surface area contributed by atoms with Gasteiger partial charge in [-0.25, -0.2) is 0 Å². The van der Waals surface area contributed by atoms with Crippen molar-refractivity contribution in [2.24, 2.45) is 16.3 Å². The molecule has 2 saturated heterocycles. The molecule has 5 heteroatoms. The highest BCUT2D eigenvalue weighted by Crippen LogP contribution is 2.58. The summed E-state index contributed by atoms with van der Waals surface area (Å²) in [7, 11) is 1.45. The Hall–Kier alpha value is -1.98. The number of para-hydroxylation sites is 1. The lowest BCUT2D eigenvalue weighted by Crippen LogP contribution is -2.65. The maximum Gasteiger partial charge on any atom is 0.319 e. The maximum absolute atomic E-state index is 13.3. The van der Waals surface area contributed by atoms with E-state index >= 15 is 0 Å². The fraction of sp³-hybridized carbons (Fsp3) is 0.524. The van der Waals surface area contributed by atoms with E-state index in [1.165, 1.54) is 12.7 Å². The molecule has 4 heterocycles. The molecule has 0 aromatic heterocycles. The minimum absolute atomic E-state index is 0.0629. The third-order valence-electron chi connectivity index (χ3n) is 6.80. The van der Waals surface area contributed by atoms with Crippen LogP contribution in [0.3, 0.4) is 0 Å². The summed E-state index contributed by atoms with van der Waals surface area (Å²) in [6.45, 7) is 3.83. The molecule has 136 valence electrons. The number of methoxy groups -OCH3 is 1. The monoisotopic (exact) mass is 352 g/mol. The van der Waals surface area contributed by atoms with Crippen LogP contribution in [0.15, 0.2) is 40.9 Å². The van der Waals surface area contributed by atoms with Crippen molar-refractivity contribution in [3.05, 3.63) is 41.5 Å². The molecule has 0 amide bonds. The van der Waals surface area contributed by atoms with Gasteiger partial charge in [0.15, 0.2) is 0 Å². The first-order valence-corrected chi connectivity index (χ1v) is 9.49. The summed E-state index contributed by atoms with van der Waals surface area (Å²) in [6.07, 6.45) is 4.46. The number of rotatable bonds is 2. The van der Waals surface area contributed by atoms with Crippen molar-refractivity contribution >= 4 is 17.4 Å². The highest BCUT2D eigenvalue weighted by molar-refractivity contribution is 6.16. The van der Waals surface area contributed by atoms with E-state index in [0.717, 1.165) is 30.8 Å². The lowest BCUT2D eigenvalue weighted by atomic mass is 9.58. The molecule has 0 spiro atoms. The van der Waals surface area contributed by atoms with Gasteiger partial charge in [-0.05, 0) is 31.2 Å². The van der Waals surface area contributed by atoms with E-state index in [9.17, 15) is 9.90 Å². The number of carbonyl (C=O) groups excluding carboxylic acids is 1. The molecule has 0 saturated carbocycles. The van der Waals surface area contributed by atoms with Gasteiger partial charge < -0.3 is 9.84 Å². The van der Waals surface area contributed by atoms with E-state index in [2.05, 4.69) is 17.9 Å². The van der Waals surface area contributed by atoms with Gasteiger partial charge in [0.2, 0.25) is 0 Å². The number of aliphatic imine (C=N–C) groups is 1. The summed E-state index contributed by atoms with van der Waals surface area (Å²) in [5.74, 6) is 0.0333.